The number of hydrogen-bond acceptors (Lipinski definition) is 3. The Balaban J connectivity index is 1.82. The lowest BCUT2D eigenvalue weighted by atomic mass is 9.70. The van der Waals surface area contributed by atoms with Crippen LogP contribution in [0.25, 0.3) is 0 Å². The number of allylic oxidation sites excluding steroid dienone is 4. The van der Waals surface area contributed by atoms with Gasteiger partial charge in [0.1, 0.15) is 0 Å². The summed E-state index contributed by atoms with van der Waals surface area (Å²) in [5.74, 6) is 0.372. The number of aliphatic carboxylic acids is 1. The molecule has 24 heavy (non-hydrogen) atoms. The number of carboxylic acid groups (broad SMARTS) is 1. The van der Waals surface area contributed by atoms with Gasteiger partial charge in [-0.05, 0) is 60.8 Å². The number of nitrogens with zero attached hydrogens (tertiary/aromatic N) is 1. The Morgan fingerprint density at radius 2 is 1.75 bits per heavy atom. The highest BCUT2D eigenvalue weighted by molar-refractivity contribution is 5.83. The van der Waals surface area contributed by atoms with Gasteiger partial charge in [-0.15, -0.1) is 0 Å². The Bertz CT molecular complexity index is 786. The fourth-order valence-corrected chi connectivity index (χ4v) is 5.81. The molecule has 2 aliphatic carbocycles. The van der Waals surface area contributed by atoms with E-state index in [1.165, 1.54) is 27.9 Å². The molecular weight excluding hydrogens is 298 g/mol. The molecule has 2 heterocycles. The Morgan fingerprint density at radius 1 is 1.08 bits per heavy atom. The van der Waals surface area contributed by atoms with E-state index in [0.29, 0.717) is 11.8 Å². The van der Waals surface area contributed by atoms with Gasteiger partial charge >= 0.3 is 0 Å². The van der Waals surface area contributed by atoms with Crippen molar-refractivity contribution in [2.24, 2.45) is 11.8 Å². The summed E-state index contributed by atoms with van der Waals surface area (Å²) in [6, 6.07) is 1.81. The van der Waals surface area contributed by atoms with Gasteiger partial charge in [-0.1, -0.05) is 30.4 Å². The molecule has 0 aromatic heterocycles. The molecule has 5 atom stereocenters. The van der Waals surface area contributed by atoms with E-state index in [2.05, 4.69) is 49.1 Å². The van der Waals surface area contributed by atoms with Crippen LogP contribution in [0.4, 0.5) is 5.69 Å². The minimum Gasteiger partial charge on any atom is -0.548 e. The van der Waals surface area contributed by atoms with Crippen molar-refractivity contribution >= 4 is 11.7 Å². The van der Waals surface area contributed by atoms with E-state index in [9.17, 15) is 9.90 Å². The Labute approximate surface area is 142 Å². The first-order valence-electron chi connectivity index (χ1n) is 9.02. The predicted octanol–water partition coefficient (Wildman–Crippen LogP) is 2.57. The summed E-state index contributed by atoms with van der Waals surface area (Å²) < 4.78 is 0. The molecule has 2 aliphatic heterocycles. The van der Waals surface area contributed by atoms with Gasteiger partial charge in [0.15, 0.2) is 0 Å². The lowest BCUT2D eigenvalue weighted by Crippen LogP contribution is -2.58. The maximum atomic E-state index is 12.1. The number of rotatable bonds is 1. The third-order valence-corrected chi connectivity index (χ3v) is 6.66. The predicted molar refractivity (Wildman–Crippen MR) is 92.0 cm³/mol. The summed E-state index contributed by atoms with van der Waals surface area (Å²) in [6.45, 7) is 5.20. The number of fused-ring (bicyclic) bond motifs is 4. The molecular formula is C21H22NO2-. The normalized spacial score (nSPS) is 34.9. The van der Waals surface area contributed by atoms with Crippen molar-refractivity contribution in [3.63, 3.8) is 0 Å². The van der Waals surface area contributed by atoms with Crippen molar-refractivity contribution < 1.29 is 9.90 Å². The molecule has 124 valence electrons. The number of benzene rings is 1. The Hall–Kier alpha value is -2.03. The van der Waals surface area contributed by atoms with Crippen molar-refractivity contribution in [3.8, 4) is 0 Å². The van der Waals surface area contributed by atoms with Crippen molar-refractivity contribution in [3.05, 3.63) is 52.6 Å². The van der Waals surface area contributed by atoms with E-state index in [-0.39, 0.29) is 11.8 Å². The first kappa shape index (κ1) is 14.3. The smallest absolute Gasteiger partial charge is 0.0727 e. The molecule has 1 aromatic rings. The summed E-state index contributed by atoms with van der Waals surface area (Å²) in [4.78, 5) is 14.3. The van der Waals surface area contributed by atoms with E-state index < -0.39 is 12.0 Å². The molecule has 1 aromatic carbocycles. The monoisotopic (exact) mass is 320 g/mol. The summed E-state index contributed by atoms with van der Waals surface area (Å²) in [5, 5.41) is 12.1. The molecule has 0 saturated heterocycles. The second-order valence-corrected chi connectivity index (χ2v) is 7.91. The molecule has 3 nitrogen and oxygen atoms in total. The van der Waals surface area contributed by atoms with Crippen molar-refractivity contribution in [2.75, 3.05) is 11.4 Å². The Morgan fingerprint density at radius 3 is 2.50 bits per heavy atom. The number of anilines is 1. The number of carbonyl (C=O) groups excluding carboxylic acids is 1. The molecule has 0 unspecified atom stereocenters. The van der Waals surface area contributed by atoms with Crippen molar-refractivity contribution in [1.82, 2.24) is 0 Å². The zero-order valence-corrected chi connectivity index (χ0v) is 14.2. The van der Waals surface area contributed by atoms with Crippen LogP contribution in [-0.2, 0) is 4.79 Å². The van der Waals surface area contributed by atoms with Crippen LogP contribution in [0.5, 0.6) is 0 Å². The average molecular weight is 320 g/mol. The molecule has 4 aliphatic rings. The van der Waals surface area contributed by atoms with Gasteiger partial charge in [0.25, 0.3) is 0 Å². The van der Waals surface area contributed by atoms with E-state index in [4.69, 9.17) is 0 Å². The minimum atomic E-state index is -0.908. The topological polar surface area (TPSA) is 43.4 Å². The zero-order valence-electron chi connectivity index (χ0n) is 14.2. The first-order valence-corrected chi connectivity index (χ1v) is 9.02. The highest BCUT2D eigenvalue weighted by atomic mass is 16.4. The summed E-state index contributed by atoms with van der Waals surface area (Å²) in [6.07, 6.45) is 10.9. The molecule has 0 radical (unpaired) electrons. The number of hydrogen-bond donors (Lipinski definition) is 0. The highest BCUT2D eigenvalue weighted by Crippen LogP contribution is 2.56. The number of carboxylic acids is 1. The van der Waals surface area contributed by atoms with Crippen molar-refractivity contribution in [2.45, 2.75) is 44.6 Å². The quantitative estimate of drug-likeness (QED) is 0.747. The van der Waals surface area contributed by atoms with Crippen LogP contribution >= 0.6 is 0 Å². The summed E-state index contributed by atoms with van der Waals surface area (Å²) >= 11 is 0. The highest BCUT2D eigenvalue weighted by Gasteiger charge is 2.48. The van der Waals surface area contributed by atoms with Crippen LogP contribution in [-0.4, -0.2) is 18.6 Å². The van der Waals surface area contributed by atoms with Crippen LogP contribution in [0.15, 0.2) is 30.4 Å². The second kappa shape index (κ2) is 4.75. The SMILES string of the molecule is Cc1cc(C)c2c3c1[C@H]1C=CC[C@@H]1[C@@H](C(=O)[O-])N3C[C@H]1CC=C[C@@H]21. The van der Waals surface area contributed by atoms with Crippen molar-refractivity contribution in [1.29, 1.82) is 0 Å². The van der Waals surface area contributed by atoms with E-state index >= 15 is 0 Å². The van der Waals surface area contributed by atoms with E-state index in [1.54, 1.807) is 0 Å². The van der Waals surface area contributed by atoms with Crippen LogP contribution in [0.1, 0.15) is 46.9 Å². The zero-order chi connectivity index (χ0) is 16.6. The van der Waals surface area contributed by atoms with Crippen LogP contribution in [0, 0.1) is 25.7 Å². The van der Waals surface area contributed by atoms with E-state index in [0.717, 1.165) is 19.4 Å². The molecule has 0 amide bonds. The standard InChI is InChI=1S/C21H23NO2/c1-11-9-12(2)18-15-7-4-8-16(15)19(21(23)24)22-10-13-5-3-6-14(13)17(11)20(18)22/h3-4,6-7,9,13-16,19H,5,8,10H2,1-2H3,(H,23,24)/p-1/t13-,14-,15+,16+,19+/m1/s1. The van der Waals surface area contributed by atoms with Gasteiger partial charge in [0, 0.05) is 24.1 Å². The van der Waals surface area contributed by atoms with E-state index in [1.807, 2.05) is 0 Å². The fraction of sp³-hybridized carbons (Fsp3) is 0.476. The van der Waals surface area contributed by atoms with Gasteiger partial charge in [-0.25, -0.2) is 0 Å². The molecule has 0 bridgehead atoms. The molecule has 0 fully saturated rings. The minimum absolute atomic E-state index is 0.114. The molecule has 3 heteroatoms. The van der Waals surface area contributed by atoms with Crippen LogP contribution < -0.4 is 10.0 Å². The third-order valence-electron chi connectivity index (χ3n) is 6.66. The fourth-order valence-electron chi connectivity index (χ4n) is 5.81. The largest absolute Gasteiger partial charge is 0.548 e. The van der Waals surface area contributed by atoms with Gasteiger partial charge in [0.05, 0.1) is 12.0 Å². The second-order valence-electron chi connectivity index (χ2n) is 7.91. The molecule has 0 spiro atoms. The van der Waals surface area contributed by atoms with Gasteiger partial charge in [-0.2, -0.15) is 0 Å². The van der Waals surface area contributed by atoms with Gasteiger partial charge < -0.3 is 14.8 Å². The third kappa shape index (κ3) is 1.65. The van der Waals surface area contributed by atoms with Gasteiger partial charge in [0.2, 0.25) is 0 Å². The summed E-state index contributed by atoms with van der Waals surface area (Å²) in [7, 11) is 0. The van der Waals surface area contributed by atoms with Crippen LogP contribution in [0.3, 0.4) is 0 Å². The van der Waals surface area contributed by atoms with Gasteiger partial charge in [-0.3, -0.25) is 0 Å². The summed E-state index contributed by atoms with van der Waals surface area (Å²) in [5.41, 5.74) is 6.54. The maximum Gasteiger partial charge on any atom is 0.0727 e. The van der Waals surface area contributed by atoms with Crippen LogP contribution in [0.2, 0.25) is 0 Å². The lowest BCUT2D eigenvalue weighted by Gasteiger charge is -2.52. The number of aryl methyl sites for hydroxylation is 2. The average Bonchev–Trinajstić information content (AvgIpc) is 3.17. The molecule has 5 rings (SSSR count). The Kier molecular flexibility index (Phi) is 2.83. The maximum absolute atomic E-state index is 12.1. The number of carbonyl (C=O) groups is 1. The first-order chi connectivity index (χ1) is 11.6. The molecule has 0 N–H and O–H groups in total. The molecule has 0 saturated carbocycles. The lowest BCUT2D eigenvalue weighted by molar-refractivity contribution is -0.309.